The van der Waals surface area contributed by atoms with Crippen molar-refractivity contribution in [1.29, 1.82) is 0 Å². The highest BCUT2D eigenvalue weighted by molar-refractivity contribution is 9.10. The van der Waals surface area contributed by atoms with Gasteiger partial charge in [-0.2, -0.15) is 4.37 Å². The molecule has 0 bridgehead atoms. The second-order valence-electron chi connectivity index (χ2n) is 9.87. The molecule has 1 aromatic heterocycles. The van der Waals surface area contributed by atoms with E-state index < -0.39 is 0 Å². The monoisotopic (exact) mass is 503 g/mol. The lowest BCUT2D eigenvalue weighted by Crippen LogP contribution is -2.30. The minimum atomic E-state index is -0.133. The van der Waals surface area contributed by atoms with E-state index in [1.807, 2.05) is 0 Å². The normalized spacial score (nSPS) is 14.8. The number of benzene rings is 3. The number of hydrogen-bond donors (Lipinski definition) is 0. The second-order valence-corrected chi connectivity index (χ2v) is 11.3. The van der Waals surface area contributed by atoms with Crippen LogP contribution in [0.15, 0.2) is 71.5 Å². The molecule has 0 saturated heterocycles. The molecule has 0 saturated carbocycles. The Kier molecular flexibility index (Phi) is 5.02. The van der Waals surface area contributed by atoms with Crippen LogP contribution in [0, 0.1) is 0 Å². The Morgan fingerprint density at radius 2 is 1.56 bits per heavy atom. The van der Waals surface area contributed by atoms with Gasteiger partial charge in [-0.3, -0.25) is 0 Å². The van der Waals surface area contributed by atoms with Crippen LogP contribution in [0.2, 0.25) is 0 Å². The molecule has 162 valence electrons. The van der Waals surface area contributed by atoms with Crippen LogP contribution in [-0.2, 0) is 10.8 Å². The number of aromatic nitrogens is 2. The van der Waals surface area contributed by atoms with Gasteiger partial charge in [-0.1, -0.05) is 65.0 Å². The van der Waals surface area contributed by atoms with E-state index in [4.69, 9.17) is 0 Å². The van der Waals surface area contributed by atoms with E-state index in [-0.39, 0.29) is 10.8 Å². The van der Waals surface area contributed by atoms with Gasteiger partial charge in [0.25, 0.3) is 0 Å². The van der Waals surface area contributed by atoms with Gasteiger partial charge in [0.05, 0.1) is 11.4 Å². The highest BCUT2D eigenvalue weighted by atomic mass is 79.9. The topological polar surface area (TPSA) is 29.0 Å². The summed E-state index contributed by atoms with van der Waals surface area (Å²) < 4.78 is 4.94. The highest BCUT2D eigenvalue weighted by Gasteiger charge is 2.37. The van der Waals surface area contributed by atoms with Crippen LogP contribution in [-0.4, -0.2) is 9.36 Å². The third-order valence-corrected chi connectivity index (χ3v) is 7.72. The molecular weight excluding hydrogens is 478 g/mol. The van der Waals surface area contributed by atoms with Crippen LogP contribution < -0.4 is 4.90 Å². The standard InChI is InChI=1S/C27H26BrN3S/c1-26(2,3)18-11-13-19(14-12-18)31-22-9-7-6-8-20(22)27(4,5)21-16-17(10-15-23(21)31)24-29-25(28)30-32-24/h6-16H,1-5H3. The van der Waals surface area contributed by atoms with E-state index in [1.54, 1.807) is 0 Å². The van der Waals surface area contributed by atoms with E-state index in [9.17, 15) is 0 Å². The fourth-order valence-electron chi connectivity index (χ4n) is 4.55. The summed E-state index contributed by atoms with van der Waals surface area (Å²) in [5.74, 6) is 0. The summed E-state index contributed by atoms with van der Waals surface area (Å²) in [6.45, 7) is 11.4. The van der Waals surface area contributed by atoms with Crippen LogP contribution in [0.3, 0.4) is 0 Å². The zero-order valence-corrected chi connectivity index (χ0v) is 21.4. The van der Waals surface area contributed by atoms with Gasteiger partial charge in [-0.15, -0.1) is 0 Å². The van der Waals surface area contributed by atoms with Crippen molar-refractivity contribution in [1.82, 2.24) is 9.36 Å². The largest absolute Gasteiger partial charge is 0.310 e. The summed E-state index contributed by atoms with van der Waals surface area (Å²) >= 11 is 4.81. The third-order valence-electron chi connectivity index (χ3n) is 6.37. The van der Waals surface area contributed by atoms with E-state index in [1.165, 1.54) is 45.3 Å². The molecule has 1 aliphatic heterocycles. The number of hydrogen-bond acceptors (Lipinski definition) is 4. The average Bonchev–Trinajstić information content (AvgIpc) is 3.20. The Balaban J connectivity index is 1.71. The molecule has 5 rings (SSSR count). The second kappa shape index (κ2) is 7.53. The SMILES string of the molecule is CC(C)(C)c1ccc(N2c3ccccc3C(C)(C)c3cc(-c4nc(Br)ns4)ccc32)cc1. The molecule has 3 aromatic carbocycles. The number of rotatable bonds is 2. The number of nitrogens with zero attached hydrogens (tertiary/aromatic N) is 3. The average molecular weight is 504 g/mol. The van der Waals surface area contributed by atoms with Crippen LogP contribution in [0.4, 0.5) is 17.1 Å². The summed E-state index contributed by atoms with van der Waals surface area (Å²) in [4.78, 5) is 6.93. The molecule has 5 heteroatoms. The molecule has 2 heterocycles. The Bertz CT molecular complexity index is 1300. The van der Waals surface area contributed by atoms with Crippen LogP contribution in [0.1, 0.15) is 51.3 Å². The van der Waals surface area contributed by atoms with Crippen molar-refractivity contribution in [2.24, 2.45) is 0 Å². The molecular formula is C27H26BrN3S. The number of para-hydroxylation sites is 1. The Morgan fingerprint density at radius 3 is 2.22 bits per heavy atom. The van der Waals surface area contributed by atoms with Crippen molar-refractivity contribution in [3.8, 4) is 10.6 Å². The van der Waals surface area contributed by atoms with Gasteiger partial charge in [-0.25, -0.2) is 4.98 Å². The van der Waals surface area contributed by atoms with Crippen LogP contribution in [0.5, 0.6) is 0 Å². The van der Waals surface area contributed by atoms with E-state index in [2.05, 4.69) is 132 Å². The molecule has 0 N–H and O–H groups in total. The summed E-state index contributed by atoms with van der Waals surface area (Å²) in [5, 5.41) is 0.926. The lowest BCUT2D eigenvalue weighted by atomic mass is 9.73. The van der Waals surface area contributed by atoms with Gasteiger partial charge in [0, 0.05) is 16.7 Å². The van der Waals surface area contributed by atoms with Gasteiger partial charge in [-0.05, 0) is 86.0 Å². The van der Waals surface area contributed by atoms with Gasteiger partial charge in [0.15, 0.2) is 0 Å². The lowest BCUT2D eigenvalue weighted by Gasteiger charge is -2.42. The zero-order valence-electron chi connectivity index (χ0n) is 19.0. The van der Waals surface area contributed by atoms with Gasteiger partial charge in [0.2, 0.25) is 4.73 Å². The first kappa shape index (κ1) is 21.4. The van der Waals surface area contributed by atoms with E-state index in [0.29, 0.717) is 4.73 Å². The molecule has 0 spiro atoms. The number of anilines is 3. The van der Waals surface area contributed by atoms with E-state index in [0.717, 1.165) is 10.6 Å². The maximum absolute atomic E-state index is 4.54. The molecule has 0 aliphatic carbocycles. The van der Waals surface area contributed by atoms with Crippen molar-refractivity contribution < 1.29 is 0 Å². The predicted octanol–water partition coefficient (Wildman–Crippen LogP) is 8.37. The minimum absolute atomic E-state index is 0.128. The summed E-state index contributed by atoms with van der Waals surface area (Å²) in [6.07, 6.45) is 0. The van der Waals surface area contributed by atoms with Crippen molar-refractivity contribution in [2.45, 2.75) is 45.4 Å². The molecule has 1 aliphatic rings. The maximum atomic E-state index is 4.54. The van der Waals surface area contributed by atoms with Gasteiger partial charge in [0.1, 0.15) is 5.01 Å². The first-order chi connectivity index (χ1) is 15.2. The first-order valence-electron chi connectivity index (χ1n) is 10.8. The fraction of sp³-hybridized carbons (Fsp3) is 0.259. The lowest BCUT2D eigenvalue weighted by molar-refractivity contribution is 0.590. The Morgan fingerprint density at radius 1 is 0.875 bits per heavy atom. The molecule has 3 nitrogen and oxygen atoms in total. The highest BCUT2D eigenvalue weighted by Crippen LogP contribution is 2.52. The van der Waals surface area contributed by atoms with Crippen LogP contribution >= 0.6 is 27.5 Å². The number of halogens is 1. The van der Waals surface area contributed by atoms with Crippen molar-refractivity contribution in [3.63, 3.8) is 0 Å². The molecule has 0 amide bonds. The molecule has 4 aromatic rings. The summed E-state index contributed by atoms with van der Waals surface area (Å²) in [6, 6.07) is 24.4. The Labute approximate surface area is 202 Å². The van der Waals surface area contributed by atoms with E-state index >= 15 is 0 Å². The predicted molar refractivity (Wildman–Crippen MR) is 139 cm³/mol. The fourth-order valence-corrected chi connectivity index (χ4v) is 5.62. The minimum Gasteiger partial charge on any atom is -0.310 e. The first-order valence-corrected chi connectivity index (χ1v) is 12.4. The quantitative estimate of drug-likeness (QED) is 0.275. The van der Waals surface area contributed by atoms with Crippen LogP contribution in [0.25, 0.3) is 10.6 Å². The molecule has 0 unspecified atom stereocenters. The summed E-state index contributed by atoms with van der Waals surface area (Å²) in [7, 11) is 0. The van der Waals surface area contributed by atoms with Crippen molar-refractivity contribution >= 4 is 44.5 Å². The molecule has 0 atom stereocenters. The van der Waals surface area contributed by atoms with Crippen molar-refractivity contribution in [3.05, 3.63) is 88.2 Å². The van der Waals surface area contributed by atoms with Gasteiger partial charge < -0.3 is 4.90 Å². The van der Waals surface area contributed by atoms with Gasteiger partial charge >= 0.3 is 0 Å². The smallest absolute Gasteiger partial charge is 0.209 e. The number of fused-ring (bicyclic) bond motifs is 2. The molecule has 0 fully saturated rings. The maximum Gasteiger partial charge on any atom is 0.209 e. The summed E-state index contributed by atoms with van der Waals surface area (Å²) in [5.41, 5.74) is 8.67. The Hall–Kier alpha value is -2.50. The third kappa shape index (κ3) is 3.48. The zero-order chi connectivity index (χ0) is 22.7. The molecule has 32 heavy (non-hydrogen) atoms. The van der Waals surface area contributed by atoms with Crippen molar-refractivity contribution in [2.75, 3.05) is 4.90 Å². The molecule has 0 radical (unpaired) electrons.